The summed E-state index contributed by atoms with van der Waals surface area (Å²) in [5.41, 5.74) is 0. The Morgan fingerprint density at radius 3 is 2.80 bits per heavy atom. The van der Waals surface area contributed by atoms with Gasteiger partial charge in [0.2, 0.25) is 11.8 Å². The van der Waals surface area contributed by atoms with Gasteiger partial charge >= 0.3 is 0 Å². The molecule has 1 saturated heterocycles. The number of hydrogen-bond acceptors (Lipinski definition) is 5. The first kappa shape index (κ1) is 13.7. The minimum Gasteiger partial charge on any atom is -0.297 e. The lowest BCUT2D eigenvalue weighted by Crippen LogP contribution is -2.43. The largest absolute Gasteiger partial charge is 0.297 e. The Bertz CT molecular complexity index is 497. The van der Waals surface area contributed by atoms with Crippen molar-refractivity contribution in [3.63, 3.8) is 0 Å². The summed E-state index contributed by atoms with van der Waals surface area (Å²) in [6, 6.07) is -0.251. The first-order chi connectivity index (χ1) is 9.66. The number of rotatable bonds is 4. The molecule has 1 aliphatic heterocycles. The molecule has 2 atom stereocenters. The van der Waals surface area contributed by atoms with Gasteiger partial charge in [0.05, 0.1) is 18.5 Å². The molecule has 6 heteroatoms. The molecule has 1 aromatic rings. The van der Waals surface area contributed by atoms with Gasteiger partial charge in [-0.25, -0.2) is 4.98 Å². The van der Waals surface area contributed by atoms with Gasteiger partial charge in [0.1, 0.15) is 5.01 Å². The lowest BCUT2D eigenvalue weighted by Gasteiger charge is -2.23. The van der Waals surface area contributed by atoms with Gasteiger partial charge in [0.25, 0.3) is 0 Å². The fourth-order valence-corrected chi connectivity index (χ4v) is 3.80. The van der Waals surface area contributed by atoms with Gasteiger partial charge in [-0.15, -0.1) is 11.3 Å². The molecule has 108 valence electrons. The van der Waals surface area contributed by atoms with Crippen LogP contribution in [0.2, 0.25) is 0 Å². The Balaban J connectivity index is 1.66. The predicted molar refractivity (Wildman–Crippen MR) is 76.2 cm³/mol. The van der Waals surface area contributed by atoms with Crippen LogP contribution in [0, 0.1) is 0 Å². The molecule has 0 aromatic carbocycles. The molecule has 0 radical (unpaired) electrons. The van der Waals surface area contributed by atoms with Crippen molar-refractivity contribution in [3.05, 3.63) is 16.6 Å². The topological polar surface area (TPSA) is 62.3 Å². The molecule has 0 spiro atoms. The van der Waals surface area contributed by atoms with E-state index in [9.17, 15) is 9.59 Å². The second-order valence-corrected chi connectivity index (χ2v) is 6.48. The van der Waals surface area contributed by atoms with Gasteiger partial charge in [-0.05, 0) is 19.8 Å². The van der Waals surface area contributed by atoms with Crippen molar-refractivity contribution in [2.75, 3.05) is 0 Å². The summed E-state index contributed by atoms with van der Waals surface area (Å²) in [5, 5.41) is 6.12. The van der Waals surface area contributed by atoms with Crippen molar-refractivity contribution >= 4 is 23.2 Å². The number of imide groups is 1. The van der Waals surface area contributed by atoms with Crippen LogP contribution >= 0.6 is 11.3 Å². The van der Waals surface area contributed by atoms with Crippen LogP contribution < -0.4 is 5.32 Å². The minimum absolute atomic E-state index is 0.000257. The maximum Gasteiger partial charge on any atom is 0.247 e. The van der Waals surface area contributed by atoms with Crippen molar-refractivity contribution in [2.24, 2.45) is 0 Å². The first-order valence-corrected chi connectivity index (χ1v) is 8.06. The van der Waals surface area contributed by atoms with Crippen LogP contribution in [0.3, 0.4) is 0 Å². The molecular weight excluding hydrogens is 274 g/mol. The summed E-state index contributed by atoms with van der Waals surface area (Å²) in [6.07, 6.45) is 6.21. The van der Waals surface area contributed by atoms with Crippen LogP contribution in [0.5, 0.6) is 0 Å². The Hall–Kier alpha value is -1.27. The van der Waals surface area contributed by atoms with Crippen LogP contribution in [0.25, 0.3) is 0 Å². The van der Waals surface area contributed by atoms with Gasteiger partial charge < -0.3 is 0 Å². The molecule has 20 heavy (non-hydrogen) atoms. The molecule has 1 saturated carbocycles. The number of nitrogens with zero attached hydrogens (tertiary/aromatic N) is 2. The first-order valence-electron chi connectivity index (χ1n) is 7.18. The zero-order valence-electron chi connectivity index (χ0n) is 11.5. The van der Waals surface area contributed by atoms with E-state index in [0.29, 0.717) is 0 Å². The molecule has 1 N–H and O–H groups in total. The molecule has 5 nitrogen and oxygen atoms in total. The van der Waals surface area contributed by atoms with Crippen molar-refractivity contribution in [1.82, 2.24) is 15.2 Å². The lowest BCUT2D eigenvalue weighted by atomic mass is 10.2. The Morgan fingerprint density at radius 1 is 1.40 bits per heavy atom. The fourth-order valence-electron chi connectivity index (χ4n) is 3.15. The highest BCUT2D eigenvalue weighted by atomic mass is 32.1. The summed E-state index contributed by atoms with van der Waals surface area (Å²) >= 11 is 1.56. The van der Waals surface area contributed by atoms with E-state index in [1.54, 1.807) is 17.5 Å². The van der Waals surface area contributed by atoms with E-state index >= 15 is 0 Å². The fraction of sp³-hybridized carbons (Fsp3) is 0.643. The Kier molecular flexibility index (Phi) is 3.85. The normalized spacial score (nSPS) is 25.6. The monoisotopic (exact) mass is 293 g/mol. The summed E-state index contributed by atoms with van der Waals surface area (Å²) in [5.74, 6) is -0.0731. The van der Waals surface area contributed by atoms with E-state index in [1.165, 1.54) is 4.90 Å². The van der Waals surface area contributed by atoms with E-state index in [1.807, 2.05) is 12.3 Å². The summed E-state index contributed by atoms with van der Waals surface area (Å²) in [7, 11) is 0. The number of aromatic nitrogens is 1. The van der Waals surface area contributed by atoms with Crippen molar-refractivity contribution in [3.8, 4) is 0 Å². The Morgan fingerprint density at radius 2 is 2.15 bits per heavy atom. The molecule has 2 heterocycles. The van der Waals surface area contributed by atoms with E-state index < -0.39 is 0 Å². The quantitative estimate of drug-likeness (QED) is 0.861. The van der Waals surface area contributed by atoms with Crippen molar-refractivity contribution < 1.29 is 9.59 Å². The third-order valence-electron chi connectivity index (χ3n) is 4.15. The second kappa shape index (κ2) is 5.61. The van der Waals surface area contributed by atoms with Crippen molar-refractivity contribution in [1.29, 1.82) is 0 Å². The molecule has 3 rings (SSSR count). The minimum atomic E-state index is -0.387. The van der Waals surface area contributed by atoms with E-state index in [4.69, 9.17) is 0 Å². The summed E-state index contributed by atoms with van der Waals surface area (Å²) in [6.45, 7) is 1.98. The van der Waals surface area contributed by atoms with Gasteiger partial charge in [-0.1, -0.05) is 12.8 Å². The molecule has 1 aliphatic carbocycles. The molecule has 2 amide bonds. The molecular formula is C14H19N3O2S. The molecule has 2 unspecified atom stereocenters. The zero-order chi connectivity index (χ0) is 14.1. The van der Waals surface area contributed by atoms with Crippen LogP contribution in [-0.2, 0) is 9.59 Å². The van der Waals surface area contributed by atoms with Crippen molar-refractivity contribution in [2.45, 2.75) is 57.2 Å². The highest BCUT2D eigenvalue weighted by Gasteiger charge is 2.43. The summed E-state index contributed by atoms with van der Waals surface area (Å²) < 4.78 is 0. The highest BCUT2D eigenvalue weighted by molar-refractivity contribution is 7.09. The maximum absolute atomic E-state index is 12.4. The van der Waals surface area contributed by atoms with Gasteiger partial charge in [-0.3, -0.25) is 19.8 Å². The number of carbonyl (C=O) groups is 2. The highest BCUT2D eigenvalue weighted by Crippen LogP contribution is 2.29. The van der Waals surface area contributed by atoms with E-state index in [2.05, 4.69) is 10.3 Å². The number of likely N-dealkylation sites (tertiary alicyclic amines) is 1. The van der Waals surface area contributed by atoms with Gasteiger partial charge in [0, 0.05) is 17.6 Å². The average Bonchev–Trinajstić information content (AvgIpc) is 3.13. The standard InChI is InChI=1S/C14H19N3O2S/c1-9(13-15-6-7-20-13)16-11-8-12(18)17(14(11)19)10-4-2-3-5-10/h6-7,9-11,16H,2-5,8H2,1H3. The molecule has 2 fully saturated rings. The number of amides is 2. The molecule has 2 aliphatic rings. The number of carbonyl (C=O) groups excluding carboxylic acids is 2. The molecule has 0 bridgehead atoms. The summed E-state index contributed by atoms with van der Waals surface area (Å²) in [4.78, 5) is 30.3. The van der Waals surface area contributed by atoms with E-state index in [-0.39, 0.29) is 36.4 Å². The maximum atomic E-state index is 12.4. The molecule has 1 aromatic heterocycles. The lowest BCUT2D eigenvalue weighted by molar-refractivity contribution is -0.141. The average molecular weight is 293 g/mol. The Labute approximate surface area is 122 Å². The third kappa shape index (κ3) is 2.50. The van der Waals surface area contributed by atoms with Crippen LogP contribution in [0.4, 0.5) is 0 Å². The van der Waals surface area contributed by atoms with Gasteiger partial charge in [-0.2, -0.15) is 0 Å². The third-order valence-corrected chi connectivity index (χ3v) is 5.10. The number of hydrogen-bond donors (Lipinski definition) is 1. The smallest absolute Gasteiger partial charge is 0.247 e. The van der Waals surface area contributed by atoms with E-state index in [0.717, 1.165) is 30.7 Å². The number of thiazole rings is 1. The predicted octanol–water partition coefficient (Wildman–Crippen LogP) is 1.86. The SMILES string of the molecule is CC(NC1CC(=O)N(C2CCCC2)C1=O)c1nccs1. The van der Waals surface area contributed by atoms with Crippen LogP contribution in [0.1, 0.15) is 50.1 Å². The zero-order valence-corrected chi connectivity index (χ0v) is 12.4. The van der Waals surface area contributed by atoms with Crippen LogP contribution in [0.15, 0.2) is 11.6 Å². The van der Waals surface area contributed by atoms with Crippen LogP contribution in [-0.4, -0.2) is 33.8 Å². The number of nitrogens with one attached hydrogen (secondary N) is 1. The van der Waals surface area contributed by atoms with Gasteiger partial charge in [0.15, 0.2) is 0 Å². The second-order valence-electron chi connectivity index (χ2n) is 5.56.